The molecule has 0 aliphatic carbocycles. The van der Waals surface area contributed by atoms with Gasteiger partial charge >= 0.3 is 11.9 Å². The molecule has 0 aliphatic rings. The first-order chi connectivity index (χ1) is 10.8. The molecule has 0 radical (unpaired) electrons. The van der Waals surface area contributed by atoms with Crippen molar-refractivity contribution in [3.8, 4) is 0 Å². The number of rotatable bonds is 7. The Bertz CT molecular complexity index is 592. The van der Waals surface area contributed by atoms with Gasteiger partial charge in [0.15, 0.2) is 12.4 Å². The molecule has 1 amide bonds. The van der Waals surface area contributed by atoms with Crippen LogP contribution in [0.3, 0.4) is 0 Å². The summed E-state index contributed by atoms with van der Waals surface area (Å²) in [4.78, 5) is 33.7. The predicted octanol–water partition coefficient (Wildman–Crippen LogP) is -0.243. The smallest absolute Gasteiger partial charge is 0.338 e. The Hall–Kier alpha value is -2.71. The Balaban J connectivity index is 2.60. The van der Waals surface area contributed by atoms with Crippen LogP contribution in [0.5, 0.6) is 0 Å². The summed E-state index contributed by atoms with van der Waals surface area (Å²) < 4.78 is 4.93. The van der Waals surface area contributed by atoms with E-state index in [9.17, 15) is 14.4 Å². The molecule has 0 aromatic heterocycles. The highest BCUT2D eigenvalue weighted by Crippen LogP contribution is 2.09. The van der Waals surface area contributed by atoms with Gasteiger partial charge in [0.2, 0.25) is 0 Å². The molecule has 0 fully saturated rings. The number of ether oxygens (including phenoxy) is 1. The number of carboxylic acids is 1. The van der Waals surface area contributed by atoms with E-state index in [1.807, 2.05) is 0 Å². The minimum Gasteiger partial charge on any atom is -0.480 e. The average molecular weight is 323 g/mol. The molecule has 1 unspecified atom stereocenters. The van der Waals surface area contributed by atoms with E-state index in [2.05, 4.69) is 5.32 Å². The van der Waals surface area contributed by atoms with E-state index in [-0.39, 0.29) is 5.56 Å². The number of carbonyl (C=O) groups is 3. The zero-order chi connectivity index (χ0) is 17.4. The van der Waals surface area contributed by atoms with Crippen molar-refractivity contribution in [1.29, 1.82) is 0 Å². The number of nitrogens with one attached hydrogen (secondary N) is 1. The highest BCUT2D eigenvalue weighted by atomic mass is 16.5. The van der Waals surface area contributed by atoms with Crippen molar-refractivity contribution in [2.45, 2.75) is 19.3 Å². The third-order valence-electron chi connectivity index (χ3n) is 2.67. The lowest BCUT2D eigenvalue weighted by Gasteiger charge is -2.12. The number of benzene rings is 1. The standard InChI is InChI=1S/C15H17NO7/c1-9(14(21)16-8-13(19)20)23-15(22)11-5-2-10(3-6-11)4-7-12(17)18/h2-7,9,12,17-18H,8H2,1H3,(H,16,21)(H,19,20)/b7-4+. The third-order valence-corrected chi connectivity index (χ3v) is 2.67. The van der Waals surface area contributed by atoms with Crippen LogP contribution in [0.1, 0.15) is 22.8 Å². The van der Waals surface area contributed by atoms with Crippen LogP contribution in [0.2, 0.25) is 0 Å². The van der Waals surface area contributed by atoms with E-state index < -0.39 is 36.8 Å². The van der Waals surface area contributed by atoms with Crippen LogP contribution in [0.15, 0.2) is 30.3 Å². The Morgan fingerprint density at radius 1 is 1.22 bits per heavy atom. The highest BCUT2D eigenvalue weighted by molar-refractivity contribution is 5.92. The third kappa shape index (κ3) is 6.72. The fourth-order valence-electron chi connectivity index (χ4n) is 1.52. The van der Waals surface area contributed by atoms with Crippen LogP contribution >= 0.6 is 0 Å². The molecule has 1 atom stereocenters. The molecule has 0 heterocycles. The number of hydrogen-bond acceptors (Lipinski definition) is 6. The second-order valence-electron chi connectivity index (χ2n) is 4.55. The van der Waals surface area contributed by atoms with Crippen molar-refractivity contribution < 1.29 is 34.4 Å². The van der Waals surface area contributed by atoms with Gasteiger partial charge < -0.3 is 25.4 Å². The van der Waals surface area contributed by atoms with Crippen molar-refractivity contribution >= 4 is 23.9 Å². The summed E-state index contributed by atoms with van der Waals surface area (Å²) in [6.07, 6.45) is -0.0833. The van der Waals surface area contributed by atoms with Crippen LogP contribution in [-0.4, -0.2) is 52.1 Å². The second kappa shape index (κ2) is 8.66. The van der Waals surface area contributed by atoms with Crippen LogP contribution in [-0.2, 0) is 14.3 Å². The number of esters is 1. The van der Waals surface area contributed by atoms with Crippen molar-refractivity contribution in [2.24, 2.45) is 0 Å². The molecule has 124 valence electrons. The maximum atomic E-state index is 11.9. The summed E-state index contributed by atoms with van der Waals surface area (Å²) in [6, 6.07) is 6.02. The zero-order valence-electron chi connectivity index (χ0n) is 12.3. The van der Waals surface area contributed by atoms with Crippen LogP contribution in [0.4, 0.5) is 0 Å². The van der Waals surface area contributed by atoms with Gasteiger partial charge in [-0.05, 0) is 30.7 Å². The highest BCUT2D eigenvalue weighted by Gasteiger charge is 2.19. The Kier molecular flexibility index (Phi) is 6.91. The van der Waals surface area contributed by atoms with Gasteiger partial charge in [-0.15, -0.1) is 0 Å². The Morgan fingerprint density at radius 2 is 1.83 bits per heavy atom. The van der Waals surface area contributed by atoms with Gasteiger partial charge in [-0.25, -0.2) is 4.79 Å². The fraction of sp³-hybridized carbons (Fsp3) is 0.267. The van der Waals surface area contributed by atoms with Gasteiger partial charge in [0.05, 0.1) is 5.56 Å². The monoisotopic (exact) mass is 323 g/mol. The Morgan fingerprint density at radius 3 is 2.35 bits per heavy atom. The summed E-state index contributed by atoms with van der Waals surface area (Å²) >= 11 is 0. The summed E-state index contributed by atoms with van der Waals surface area (Å²) in [6.45, 7) is 0.771. The van der Waals surface area contributed by atoms with Gasteiger partial charge in [0.25, 0.3) is 5.91 Å². The topological polar surface area (TPSA) is 133 Å². The number of hydrogen-bond donors (Lipinski definition) is 4. The maximum absolute atomic E-state index is 11.9. The van der Waals surface area contributed by atoms with Crippen LogP contribution < -0.4 is 5.32 Å². The average Bonchev–Trinajstić information content (AvgIpc) is 2.50. The van der Waals surface area contributed by atoms with Crippen molar-refractivity contribution in [2.75, 3.05) is 6.54 Å². The van der Waals surface area contributed by atoms with E-state index in [0.717, 1.165) is 6.08 Å². The summed E-state index contributed by atoms with van der Waals surface area (Å²) in [5.41, 5.74) is 0.839. The van der Waals surface area contributed by atoms with Crippen molar-refractivity contribution in [1.82, 2.24) is 5.32 Å². The van der Waals surface area contributed by atoms with E-state index in [1.165, 1.54) is 25.1 Å². The zero-order valence-corrected chi connectivity index (χ0v) is 12.3. The molecular weight excluding hydrogens is 306 g/mol. The summed E-state index contributed by atoms with van der Waals surface area (Å²) in [7, 11) is 0. The molecular formula is C15H17NO7. The minimum absolute atomic E-state index is 0.199. The molecule has 1 rings (SSSR count). The van der Waals surface area contributed by atoms with Gasteiger partial charge in [-0.1, -0.05) is 18.2 Å². The minimum atomic E-state index is -1.56. The maximum Gasteiger partial charge on any atom is 0.338 e. The van der Waals surface area contributed by atoms with Gasteiger partial charge in [-0.3, -0.25) is 9.59 Å². The van der Waals surface area contributed by atoms with E-state index in [0.29, 0.717) is 5.56 Å². The molecule has 23 heavy (non-hydrogen) atoms. The predicted molar refractivity (Wildman–Crippen MR) is 79.2 cm³/mol. The first-order valence-electron chi connectivity index (χ1n) is 6.64. The second-order valence-corrected chi connectivity index (χ2v) is 4.55. The van der Waals surface area contributed by atoms with Gasteiger partial charge in [0, 0.05) is 0 Å². The number of aliphatic hydroxyl groups excluding tert-OH is 1. The number of amides is 1. The molecule has 1 aromatic rings. The van der Waals surface area contributed by atoms with Crippen molar-refractivity contribution in [3.05, 3.63) is 41.5 Å². The molecule has 8 nitrogen and oxygen atoms in total. The first kappa shape index (κ1) is 18.3. The lowest BCUT2D eigenvalue weighted by Crippen LogP contribution is -2.38. The van der Waals surface area contributed by atoms with Crippen molar-refractivity contribution in [3.63, 3.8) is 0 Å². The number of aliphatic carboxylic acids is 1. The molecule has 0 spiro atoms. The molecule has 1 aromatic carbocycles. The number of aliphatic hydroxyl groups is 2. The van der Waals surface area contributed by atoms with E-state index >= 15 is 0 Å². The molecule has 0 bridgehead atoms. The van der Waals surface area contributed by atoms with Gasteiger partial charge in [-0.2, -0.15) is 0 Å². The molecule has 8 heteroatoms. The molecule has 0 saturated heterocycles. The summed E-state index contributed by atoms with van der Waals surface area (Å²) in [5, 5.41) is 28.0. The first-order valence-corrected chi connectivity index (χ1v) is 6.64. The molecule has 0 aliphatic heterocycles. The Labute approximate surface area is 132 Å². The van der Waals surface area contributed by atoms with Gasteiger partial charge in [0.1, 0.15) is 6.54 Å². The number of carboxylic acid groups (broad SMARTS) is 1. The lowest BCUT2D eigenvalue weighted by molar-refractivity contribution is -0.139. The van der Waals surface area contributed by atoms with E-state index in [4.69, 9.17) is 20.1 Å². The normalized spacial score (nSPS) is 12.2. The van der Waals surface area contributed by atoms with Crippen LogP contribution in [0.25, 0.3) is 6.08 Å². The fourth-order valence-corrected chi connectivity index (χ4v) is 1.52. The molecule has 0 saturated carbocycles. The lowest BCUT2D eigenvalue weighted by atomic mass is 10.1. The SMILES string of the molecule is CC(OC(=O)c1ccc(/C=C/C(O)O)cc1)C(=O)NCC(=O)O. The largest absolute Gasteiger partial charge is 0.480 e. The van der Waals surface area contributed by atoms with Crippen LogP contribution in [0, 0.1) is 0 Å². The summed E-state index contributed by atoms with van der Waals surface area (Å²) in [5.74, 6) is -2.65. The van der Waals surface area contributed by atoms with E-state index in [1.54, 1.807) is 12.1 Å². The molecule has 4 N–H and O–H groups in total. The number of carbonyl (C=O) groups excluding carboxylic acids is 2. The quantitative estimate of drug-likeness (QED) is 0.402.